The van der Waals surface area contributed by atoms with Gasteiger partial charge in [0.05, 0.1) is 11.0 Å². The van der Waals surface area contributed by atoms with Gasteiger partial charge < -0.3 is 4.57 Å². The van der Waals surface area contributed by atoms with Crippen LogP contribution in [0.1, 0.15) is 95.1 Å². The molecular weight excluding hydrogens is 422 g/mol. The number of para-hydroxylation sites is 2. The summed E-state index contributed by atoms with van der Waals surface area (Å²) in [4.78, 5) is 32.9. The molecule has 2 aliphatic heterocycles. The first-order chi connectivity index (χ1) is 16.3. The van der Waals surface area contributed by atoms with E-state index in [4.69, 9.17) is 0 Å². The van der Waals surface area contributed by atoms with Gasteiger partial charge in [-0.15, -0.1) is 0 Å². The molecule has 1 aromatic heterocycles. The van der Waals surface area contributed by atoms with Crippen molar-refractivity contribution < 1.29 is 4.79 Å². The number of fused-ring (bicyclic) bond motifs is 5. The Kier molecular flexibility index (Phi) is 5.47. The molecule has 0 N–H and O–H groups in total. The minimum absolute atomic E-state index is 0.0880. The molecule has 34 heavy (non-hydrogen) atoms. The van der Waals surface area contributed by atoms with Gasteiger partial charge in [0, 0.05) is 25.0 Å². The quantitative estimate of drug-likeness (QED) is 0.542. The van der Waals surface area contributed by atoms with E-state index in [-0.39, 0.29) is 23.1 Å². The molecule has 2 aromatic rings. The van der Waals surface area contributed by atoms with Crippen molar-refractivity contribution in [2.75, 3.05) is 6.54 Å². The molecule has 182 valence electrons. The number of Topliss-reactive ketones (excluding diaryl/α,β-unsaturated/α-hetero) is 1. The molecule has 3 aliphatic carbocycles. The third kappa shape index (κ3) is 3.49. The molecule has 3 saturated carbocycles. The number of carbonyl (C=O) groups excluding carboxylic acids is 1. The van der Waals surface area contributed by atoms with E-state index in [1.807, 2.05) is 28.8 Å². The van der Waals surface area contributed by atoms with E-state index in [1.165, 1.54) is 58.4 Å². The average Bonchev–Trinajstić information content (AvgIpc) is 2.81. The summed E-state index contributed by atoms with van der Waals surface area (Å²) < 4.78 is 1.93. The molecule has 0 amide bonds. The third-order valence-corrected chi connectivity index (χ3v) is 10.4. The number of rotatable bonds is 5. The van der Waals surface area contributed by atoms with Crippen molar-refractivity contribution in [3.05, 3.63) is 40.3 Å². The second kappa shape index (κ2) is 8.29. The largest absolute Gasteiger partial charge is 0.302 e. The predicted molar refractivity (Wildman–Crippen MR) is 135 cm³/mol. The number of hydrogen-bond acceptors (Lipinski definition) is 4. The summed E-state index contributed by atoms with van der Waals surface area (Å²) in [7, 11) is 0. The number of carbonyl (C=O) groups is 1. The van der Waals surface area contributed by atoms with E-state index in [0.29, 0.717) is 17.5 Å². The molecule has 5 fully saturated rings. The van der Waals surface area contributed by atoms with Crippen molar-refractivity contribution in [3.63, 3.8) is 0 Å². The highest BCUT2D eigenvalue weighted by atomic mass is 16.1. The maximum atomic E-state index is 13.4. The first-order valence-corrected chi connectivity index (χ1v) is 13.6. The van der Waals surface area contributed by atoms with E-state index in [9.17, 15) is 9.59 Å². The summed E-state index contributed by atoms with van der Waals surface area (Å²) in [5.41, 5.74) is 2.07. The second-order valence-electron chi connectivity index (χ2n) is 12.3. The minimum atomic E-state index is -0.240. The maximum absolute atomic E-state index is 13.4. The molecule has 6 atom stereocenters. The van der Waals surface area contributed by atoms with E-state index >= 15 is 0 Å². The zero-order valence-electron chi connectivity index (χ0n) is 21.0. The number of hydrogen-bond donors (Lipinski definition) is 0. The molecule has 7 rings (SSSR count). The Hall–Kier alpha value is -2.01. The summed E-state index contributed by atoms with van der Waals surface area (Å²) in [5.74, 6) is 2.55. The summed E-state index contributed by atoms with van der Waals surface area (Å²) >= 11 is 0. The van der Waals surface area contributed by atoms with Crippen LogP contribution in [0.25, 0.3) is 11.0 Å². The Bertz CT molecular complexity index is 1150. The van der Waals surface area contributed by atoms with Crippen molar-refractivity contribution in [3.8, 4) is 0 Å². The van der Waals surface area contributed by atoms with Crippen LogP contribution in [0.2, 0.25) is 0 Å². The minimum Gasteiger partial charge on any atom is -0.302 e. The smallest absolute Gasteiger partial charge is 0.280 e. The fourth-order valence-corrected chi connectivity index (χ4v) is 8.39. The van der Waals surface area contributed by atoms with Crippen LogP contribution >= 0.6 is 0 Å². The molecule has 3 heterocycles. The molecule has 2 saturated heterocycles. The summed E-state index contributed by atoms with van der Waals surface area (Å²) in [6, 6.07) is 9.05. The van der Waals surface area contributed by atoms with Gasteiger partial charge in [-0.3, -0.25) is 14.5 Å². The fraction of sp³-hybridized carbons (Fsp3) is 0.690. The van der Waals surface area contributed by atoms with Crippen molar-refractivity contribution in [1.82, 2.24) is 14.5 Å². The van der Waals surface area contributed by atoms with Gasteiger partial charge in [0.15, 0.2) is 11.5 Å². The first kappa shape index (κ1) is 22.5. The van der Waals surface area contributed by atoms with Crippen LogP contribution in [0.3, 0.4) is 0 Å². The van der Waals surface area contributed by atoms with Gasteiger partial charge in [-0.1, -0.05) is 32.4 Å². The number of ketones is 1. The van der Waals surface area contributed by atoms with Gasteiger partial charge in [-0.05, 0) is 93.2 Å². The van der Waals surface area contributed by atoms with Crippen molar-refractivity contribution in [2.24, 2.45) is 23.2 Å². The molecule has 0 radical (unpaired) electrons. The van der Waals surface area contributed by atoms with Crippen LogP contribution in [-0.2, 0) is 0 Å². The Morgan fingerprint density at radius 1 is 1.03 bits per heavy atom. The van der Waals surface area contributed by atoms with Gasteiger partial charge in [-0.2, -0.15) is 0 Å². The Balaban J connectivity index is 1.24. The standard InChI is InChI=1S/C29H39N3O2/c1-18(33)27-28(34)32(26-10-5-4-9-25(26)30-27)23-16-21-7-6-8-22(17-23)31(21)14-13-19-11-12-20-15-24(19)29(20,2)3/h4-5,9-10,19-24H,6-8,11-17H2,1-3H3/t19-,20-,21-,22+,23?,24+/m0/s1. The van der Waals surface area contributed by atoms with E-state index in [2.05, 4.69) is 23.7 Å². The first-order valence-electron chi connectivity index (χ1n) is 13.6. The number of nitrogens with zero attached hydrogens (tertiary/aromatic N) is 3. The van der Waals surface area contributed by atoms with Crippen LogP contribution in [0, 0.1) is 23.2 Å². The van der Waals surface area contributed by atoms with Crippen LogP contribution in [-0.4, -0.2) is 38.9 Å². The lowest BCUT2D eigenvalue weighted by molar-refractivity contribution is -0.111. The zero-order chi connectivity index (χ0) is 23.6. The van der Waals surface area contributed by atoms with Gasteiger partial charge in [-0.25, -0.2) is 4.98 Å². The highest BCUT2D eigenvalue weighted by Gasteiger charge is 2.54. The van der Waals surface area contributed by atoms with Crippen LogP contribution in [0.5, 0.6) is 0 Å². The van der Waals surface area contributed by atoms with Crippen LogP contribution < -0.4 is 5.56 Å². The lowest BCUT2D eigenvalue weighted by Gasteiger charge is -2.60. The molecule has 4 bridgehead atoms. The monoisotopic (exact) mass is 461 g/mol. The topological polar surface area (TPSA) is 55.2 Å². The summed E-state index contributed by atoms with van der Waals surface area (Å²) in [6.45, 7) is 7.68. The average molecular weight is 462 g/mol. The second-order valence-corrected chi connectivity index (χ2v) is 12.3. The maximum Gasteiger partial charge on any atom is 0.280 e. The molecular formula is C29H39N3O2. The molecule has 5 nitrogen and oxygen atoms in total. The Labute approximate surface area is 202 Å². The van der Waals surface area contributed by atoms with E-state index < -0.39 is 0 Å². The predicted octanol–water partition coefficient (Wildman–Crippen LogP) is 5.62. The molecule has 5 aliphatic rings. The summed E-state index contributed by atoms with van der Waals surface area (Å²) in [6.07, 6.45) is 11.4. The fourth-order valence-electron chi connectivity index (χ4n) is 8.39. The number of aromatic nitrogens is 2. The van der Waals surface area contributed by atoms with Gasteiger partial charge in [0.2, 0.25) is 0 Å². The molecule has 1 unspecified atom stereocenters. The number of piperidine rings is 2. The normalized spacial score (nSPS) is 34.6. The lowest BCUT2D eigenvalue weighted by Crippen LogP contribution is -2.55. The van der Waals surface area contributed by atoms with Crippen molar-refractivity contribution in [2.45, 2.75) is 96.7 Å². The molecule has 0 spiro atoms. The van der Waals surface area contributed by atoms with Crippen molar-refractivity contribution >= 4 is 16.8 Å². The van der Waals surface area contributed by atoms with Crippen LogP contribution in [0.4, 0.5) is 0 Å². The third-order valence-electron chi connectivity index (χ3n) is 10.4. The Morgan fingerprint density at radius 3 is 2.44 bits per heavy atom. The lowest BCUT2D eigenvalue weighted by atomic mass is 9.45. The highest BCUT2D eigenvalue weighted by molar-refractivity contribution is 5.93. The van der Waals surface area contributed by atoms with E-state index in [1.54, 1.807) is 0 Å². The summed E-state index contributed by atoms with van der Waals surface area (Å²) in [5, 5.41) is 0. The SMILES string of the molecule is CC(=O)c1nc2ccccc2n(C2C[C@H]3CCC[C@@H](C2)N3CC[C@@H]2CC[C@H]3C[C@H]2C3(C)C)c1=O. The van der Waals surface area contributed by atoms with Crippen LogP contribution in [0.15, 0.2) is 29.1 Å². The van der Waals surface area contributed by atoms with Gasteiger partial charge in [0.25, 0.3) is 5.56 Å². The van der Waals surface area contributed by atoms with Crippen molar-refractivity contribution in [1.29, 1.82) is 0 Å². The van der Waals surface area contributed by atoms with Gasteiger partial charge in [0.1, 0.15) is 0 Å². The molecule has 1 aromatic carbocycles. The van der Waals surface area contributed by atoms with Gasteiger partial charge >= 0.3 is 0 Å². The van der Waals surface area contributed by atoms with E-state index in [0.717, 1.165) is 41.6 Å². The number of benzene rings is 1. The Morgan fingerprint density at radius 2 is 1.76 bits per heavy atom. The highest BCUT2D eigenvalue weighted by Crippen LogP contribution is 2.62. The zero-order valence-corrected chi connectivity index (χ0v) is 21.0. The molecule has 5 heteroatoms.